The Bertz CT molecular complexity index is 1110. The summed E-state index contributed by atoms with van der Waals surface area (Å²) in [6.45, 7) is 1.90. The average Bonchev–Trinajstić information content (AvgIpc) is 3.07. The molecule has 3 N–H and O–H groups in total. The maximum absolute atomic E-state index is 13.6. The van der Waals surface area contributed by atoms with Gasteiger partial charge in [0.1, 0.15) is 5.82 Å². The van der Waals surface area contributed by atoms with Gasteiger partial charge in [-0.1, -0.05) is 29.8 Å². The molecule has 0 aliphatic carbocycles. The third-order valence-electron chi connectivity index (χ3n) is 4.04. The van der Waals surface area contributed by atoms with E-state index in [-0.39, 0.29) is 5.82 Å². The Hall–Kier alpha value is -2.99. The summed E-state index contributed by atoms with van der Waals surface area (Å²) in [7, 11) is 0. The number of nitrogens with two attached hydrogens (primary N) is 1. The van der Waals surface area contributed by atoms with E-state index in [0.29, 0.717) is 44.4 Å². The summed E-state index contributed by atoms with van der Waals surface area (Å²) in [5, 5.41) is 8.04. The number of aryl methyl sites for hydroxylation is 1. The molecule has 0 saturated carbocycles. The molecule has 7 heteroatoms. The summed E-state index contributed by atoms with van der Waals surface area (Å²) in [5.74, 6) is 0.00341. The minimum absolute atomic E-state index is 0.361. The van der Waals surface area contributed by atoms with Crippen molar-refractivity contribution in [2.45, 2.75) is 6.92 Å². The molecule has 0 saturated heterocycles. The highest BCUT2D eigenvalue weighted by Gasteiger charge is 2.18. The van der Waals surface area contributed by atoms with E-state index in [1.54, 1.807) is 24.4 Å². The van der Waals surface area contributed by atoms with Crippen molar-refractivity contribution in [2.75, 3.05) is 5.73 Å². The van der Waals surface area contributed by atoms with Gasteiger partial charge in [0.2, 0.25) is 0 Å². The van der Waals surface area contributed by atoms with Crippen LogP contribution >= 0.6 is 11.6 Å². The fourth-order valence-electron chi connectivity index (χ4n) is 2.72. The Labute approximate surface area is 147 Å². The van der Waals surface area contributed by atoms with Crippen LogP contribution in [0.4, 0.5) is 10.1 Å². The quantitative estimate of drug-likeness (QED) is 0.524. The van der Waals surface area contributed by atoms with Crippen molar-refractivity contribution in [3.05, 3.63) is 59.0 Å². The zero-order valence-corrected chi connectivity index (χ0v) is 14.0. The Balaban J connectivity index is 2.05. The zero-order chi connectivity index (χ0) is 17.6. The highest BCUT2D eigenvalue weighted by Crippen LogP contribution is 2.38. The molecule has 2 heterocycles. The van der Waals surface area contributed by atoms with Crippen molar-refractivity contribution in [2.24, 2.45) is 0 Å². The summed E-state index contributed by atoms with van der Waals surface area (Å²) < 4.78 is 13.6. The van der Waals surface area contributed by atoms with Gasteiger partial charge in [0.15, 0.2) is 11.5 Å². The molecule has 0 bridgehead atoms. The molecule has 0 fully saturated rings. The normalized spacial score (nSPS) is 11.2. The molecule has 0 atom stereocenters. The minimum atomic E-state index is -0.361. The van der Waals surface area contributed by atoms with Gasteiger partial charge >= 0.3 is 0 Å². The number of aromatic nitrogens is 4. The molecule has 124 valence electrons. The zero-order valence-electron chi connectivity index (χ0n) is 13.2. The molecule has 0 aliphatic heterocycles. The molecule has 2 aromatic heterocycles. The van der Waals surface area contributed by atoms with Crippen LogP contribution in [0, 0.1) is 12.7 Å². The molecule has 0 aliphatic rings. The smallest absolute Gasteiger partial charge is 0.162 e. The lowest BCUT2D eigenvalue weighted by Crippen LogP contribution is -1.99. The van der Waals surface area contributed by atoms with Crippen LogP contribution in [0.3, 0.4) is 0 Å². The number of hydrogen-bond donors (Lipinski definition) is 2. The molecule has 4 aromatic rings. The monoisotopic (exact) mass is 353 g/mol. The van der Waals surface area contributed by atoms with Crippen molar-refractivity contribution < 1.29 is 4.39 Å². The standard InChI is InChI=1S/C18H13ClFN5/c1-9-5-6-13(19)14(15(9)21)16-12-8-22-25-18(12)24-17(23-16)10-3-2-4-11(20)7-10/h2-8H,21H2,1H3,(H,22,23,24,25). The van der Waals surface area contributed by atoms with E-state index in [2.05, 4.69) is 20.2 Å². The van der Waals surface area contributed by atoms with Crippen LogP contribution < -0.4 is 5.73 Å². The number of aromatic amines is 1. The molecule has 0 spiro atoms. The summed E-state index contributed by atoms with van der Waals surface area (Å²) in [6, 6.07) is 9.72. The molecule has 0 unspecified atom stereocenters. The number of anilines is 1. The van der Waals surface area contributed by atoms with Crippen molar-refractivity contribution >= 4 is 28.3 Å². The third kappa shape index (κ3) is 2.60. The van der Waals surface area contributed by atoms with E-state index in [9.17, 15) is 4.39 Å². The van der Waals surface area contributed by atoms with E-state index in [1.165, 1.54) is 12.1 Å². The highest BCUT2D eigenvalue weighted by molar-refractivity contribution is 6.34. The van der Waals surface area contributed by atoms with Gasteiger partial charge in [0.05, 0.1) is 22.3 Å². The molecule has 2 aromatic carbocycles. The van der Waals surface area contributed by atoms with Crippen LogP contribution in [-0.2, 0) is 0 Å². The number of fused-ring (bicyclic) bond motifs is 1. The Morgan fingerprint density at radius 1 is 1.16 bits per heavy atom. The van der Waals surface area contributed by atoms with Gasteiger partial charge in [-0.15, -0.1) is 0 Å². The Morgan fingerprint density at radius 2 is 2.00 bits per heavy atom. The first-order valence-electron chi connectivity index (χ1n) is 7.56. The summed E-state index contributed by atoms with van der Waals surface area (Å²) in [4.78, 5) is 9.05. The highest BCUT2D eigenvalue weighted by atomic mass is 35.5. The maximum atomic E-state index is 13.6. The number of rotatable bonds is 2. The molecular weight excluding hydrogens is 341 g/mol. The lowest BCUT2D eigenvalue weighted by molar-refractivity contribution is 0.628. The molecule has 5 nitrogen and oxygen atoms in total. The fraction of sp³-hybridized carbons (Fsp3) is 0.0556. The second kappa shape index (κ2) is 5.82. The number of nitrogen functional groups attached to an aromatic ring is 1. The summed E-state index contributed by atoms with van der Waals surface area (Å²) in [5.41, 5.74) is 9.95. The molecule has 0 radical (unpaired) electrons. The van der Waals surface area contributed by atoms with Gasteiger partial charge in [-0.05, 0) is 30.7 Å². The fourth-order valence-corrected chi connectivity index (χ4v) is 2.97. The van der Waals surface area contributed by atoms with Gasteiger partial charge in [-0.2, -0.15) is 5.10 Å². The Morgan fingerprint density at radius 3 is 2.80 bits per heavy atom. The minimum Gasteiger partial charge on any atom is -0.398 e. The van der Waals surface area contributed by atoms with Crippen LogP contribution in [0.5, 0.6) is 0 Å². The van der Waals surface area contributed by atoms with Gasteiger partial charge < -0.3 is 5.73 Å². The van der Waals surface area contributed by atoms with E-state index >= 15 is 0 Å². The van der Waals surface area contributed by atoms with E-state index in [1.807, 2.05) is 13.0 Å². The van der Waals surface area contributed by atoms with Crippen molar-refractivity contribution in [3.8, 4) is 22.6 Å². The van der Waals surface area contributed by atoms with Gasteiger partial charge in [0.25, 0.3) is 0 Å². The van der Waals surface area contributed by atoms with Gasteiger partial charge in [-0.25, -0.2) is 14.4 Å². The van der Waals surface area contributed by atoms with Gasteiger partial charge in [0, 0.05) is 16.8 Å². The summed E-state index contributed by atoms with van der Waals surface area (Å²) in [6.07, 6.45) is 1.62. The molecule has 4 rings (SSSR count). The van der Waals surface area contributed by atoms with Crippen LogP contribution in [0.1, 0.15) is 5.56 Å². The number of H-pyrrole nitrogens is 1. The van der Waals surface area contributed by atoms with Crippen LogP contribution in [0.2, 0.25) is 5.02 Å². The molecular formula is C18H13ClFN5. The lowest BCUT2D eigenvalue weighted by atomic mass is 10.0. The van der Waals surface area contributed by atoms with Crippen LogP contribution in [0.15, 0.2) is 42.6 Å². The first kappa shape index (κ1) is 15.5. The topological polar surface area (TPSA) is 80.5 Å². The number of halogens is 2. The largest absolute Gasteiger partial charge is 0.398 e. The number of hydrogen-bond acceptors (Lipinski definition) is 4. The second-order valence-electron chi connectivity index (χ2n) is 5.69. The first-order chi connectivity index (χ1) is 12.0. The van der Waals surface area contributed by atoms with Crippen LogP contribution in [0.25, 0.3) is 33.7 Å². The second-order valence-corrected chi connectivity index (χ2v) is 6.10. The van der Waals surface area contributed by atoms with Crippen molar-refractivity contribution in [3.63, 3.8) is 0 Å². The van der Waals surface area contributed by atoms with E-state index in [4.69, 9.17) is 17.3 Å². The van der Waals surface area contributed by atoms with Gasteiger partial charge in [-0.3, -0.25) is 5.10 Å². The predicted octanol–water partition coefficient (Wildman–Crippen LogP) is 4.37. The van der Waals surface area contributed by atoms with E-state index in [0.717, 1.165) is 5.56 Å². The lowest BCUT2D eigenvalue weighted by Gasteiger charge is -2.12. The number of nitrogens with one attached hydrogen (secondary N) is 1. The Kier molecular flexibility index (Phi) is 3.62. The molecule has 25 heavy (non-hydrogen) atoms. The third-order valence-corrected chi connectivity index (χ3v) is 4.36. The number of nitrogens with zero attached hydrogens (tertiary/aromatic N) is 3. The molecule has 0 amide bonds. The summed E-state index contributed by atoms with van der Waals surface area (Å²) >= 11 is 6.40. The van der Waals surface area contributed by atoms with Crippen molar-refractivity contribution in [1.29, 1.82) is 0 Å². The van der Waals surface area contributed by atoms with E-state index < -0.39 is 0 Å². The first-order valence-corrected chi connectivity index (χ1v) is 7.94. The SMILES string of the molecule is Cc1ccc(Cl)c(-c2nc(-c3cccc(F)c3)nc3[nH]ncc23)c1N. The van der Waals surface area contributed by atoms with Crippen molar-refractivity contribution in [1.82, 2.24) is 20.2 Å². The predicted molar refractivity (Wildman–Crippen MR) is 96.7 cm³/mol. The average molecular weight is 354 g/mol. The number of benzene rings is 2. The maximum Gasteiger partial charge on any atom is 0.162 e. The van der Waals surface area contributed by atoms with Crippen LogP contribution in [-0.4, -0.2) is 20.2 Å².